The fourth-order valence-electron chi connectivity index (χ4n) is 2.96. The van der Waals surface area contributed by atoms with Crippen molar-refractivity contribution in [3.05, 3.63) is 59.7 Å². The second-order valence-electron chi connectivity index (χ2n) is 7.88. The van der Waals surface area contributed by atoms with Crippen LogP contribution in [0.4, 0.5) is 0 Å². The zero-order valence-electron chi connectivity index (χ0n) is 17.4. The van der Waals surface area contributed by atoms with Crippen molar-refractivity contribution in [1.82, 2.24) is 15.0 Å². The molecule has 0 radical (unpaired) electrons. The highest BCUT2D eigenvalue weighted by Crippen LogP contribution is 2.35. The van der Waals surface area contributed by atoms with Crippen LogP contribution in [0.2, 0.25) is 0 Å². The van der Waals surface area contributed by atoms with Crippen LogP contribution < -0.4 is 0 Å². The molecule has 6 nitrogen and oxygen atoms in total. The Hall–Kier alpha value is -3.15. The van der Waals surface area contributed by atoms with E-state index in [0.717, 1.165) is 23.0 Å². The maximum atomic E-state index is 11.7. The van der Waals surface area contributed by atoms with Crippen molar-refractivity contribution in [2.24, 2.45) is 0 Å². The van der Waals surface area contributed by atoms with Gasteiger partial charge in [0.1, 0.15) is 22.5 Å². The predicted octanol–water partition coefficient (Wildman–Crippen LogP) is 4.48. The summed E-state index contributed by atoms with van der Waals surface area (Å²) in [4.78, 5) is 13.1. The van der Waals surface area contributed by atoms with Crippen molar-refractivity contribution in [3.8, 4) is 11.4 Å². The van der Waals surface area contributed by atoms with E-state index in [2.05, 4.69) is 37.5 Å². The molecule has 0 aliphatic carbocycles. The third-order valence-corrected chi connectivity index (χ3v) is 5.29. The van der Waals surface area contributed by atoms with Crippen LogP contribution in [0.1, 0.15) is 45.2 Å². The molecule has 29 heavy (non-hydrogen) atoms. The topological polar surface area (TPSA) is 77.2 Å². The highest BCUT2D eigenvalue weighted by atomic mass is 16.5. The van der Waals surface area contributed by atoms with Crippen molar-refractivity contribution >= 4 is 17.0 Å². The molecule has 0 saturated heterocycles. The van der Waals surface area contributed by atoms with Gasteiger partial charge in [-0.1, -0.05) is 45.5 Å². The average Bonchev–Trinajstić information content (AvgIpc) is 3.12. The van der Waals surface area contributed by atoms with E-state index in [9.17, 15) is 9.90 Å². The number of aromatic hydroxyl groups is 1. The number of fused-ring (bicyclic) bond motifs is 1. The Morgan fingerprint density at radius 2 is 1.83 bits per heavy atom. The monoisotopic (exact) mass is 393 g/mol. The molecule has 2 aromatic carbocycles. The lowest BCUT2D eigenvalue weighted by molar-refractivity contribution is -0.138. The molecular weight excluding hydrogens is 366 g/mol. The van der Waals surface area contributed by atoms with E-state index < -0.39 is 5.97 Å². The van der Waals surface area contributed by atoms with E-state index in [0.29, 0.717) is 23.2 Å². The molecule has 3 aromatic rings. The van der Waals surface area contributed by atoms with Gasteiger partial charge < -0.3 is 9.84 Å². The zero-order chi connectivity index (χ0) is 21.2. The molecule has 0 atom stereocenters. The Kier molecular flexibility index (Phi) is 5.73. The molecule has 0 fully saturated rings. The van der Waals surface area contributed by atoms with Crippen LogP contribution in [0.3, 0.4) is 0 Å². The van der Waals surface area contributed by atoms with Crippen molar-refractivity contribution in [3.63, 3.8) is 0 Å². The quantitative estimate of drug-likeness (QED) is 0.473. The van der Waals surface area contributed by atoms with Gasteiger partial charge in [-0.3, -0.25) is 0 Å². The van der Waals surface area contributed by atoms with E-state index in [-0.39, 0.29) is 17.8 Å². The number of hydrogen-bond donors (Lipinski definition) is 1. The molecule has 1 aromatic heterocycles. The lowest BCUT2D eigenvalue weighted by atomic mass is 9.81. The van der Waals surface area contributed by atoms with Crippen LogP contribution in [0.15, 0.2) is 48.6 Å². The molecule has 0 aliphatic heterocycles. The fraction of sp³-hybridized carbons (Fsp3) is 0.348. The number of nitrogens with zero attached hydrogens (tertiary/aromatic N) is 3. The van der Waals surface area contributed by atoms with E-state index in [1.54, 1.807) is 6.92 Å². The summed E-state index contributed by atoms with van der Waals surface area (Å²) in [6.45, 7) is 11.8. The van der Waals surface area contributed by atoms with Crippen molar-refractivity contribution in [2.75, 3.05) is 6.61 Å². The molecular formula is C23H27N3O3. The predicted molar refractivity (Wildman–Crippen MR) is 113 cm³/mol. The van der Waals surface area contributed by atoms with Crippen LogP contribution in [-0.4, -0.2) is 32.7 Å². The van der Waals surface area contributed by atoms with Crippen LogP contribution in [-0.2, 0) is 21.4 Å². The lowest BCUT2D eigenvalue weighted by Crippen LogP contribution is -2.17. The van der Waals surface area contributed by atoms with Crippen LogP contribution >= 0.6 is 0 Å². The molecule has 152 valence electrons. The molecule has 6 heteroatoms. The summed E-state index contributed by atoms with van der Waals surface area (Å²) in [5.41, 5.74) is 4.03. The standard InChI is InChI=1S/C23H27N3O3/c1-6-23(4,5)17-13-16(11-12-29-22(28)15(2)3)21(27)20(14-17)26-24-18-9-7-8-10-19(18)25-26/h7-10,13-14,27H,2,6,11-12H2,1,3-5H3. The smallest absolute Gasteiger partial charge is 0.333 e. The Balaban J connectivity index is 2.03. The summed E-state index contributed by atoms with van der Waals surface area (Å²) < 4.78 is 5.22. The number of carbonyl (C=O) groups excluding carboxylic acids is 1. The number of carbonyl (C=O) groups is 1. The largest absolute Gasteiger partial charge is 0.505 e. The van der Waals surface area contributed by atoms with E-state index in [4.69, 9.17) is 4.74 Å². The number of phenols is 1. The van der Waals surface area contributed by atoms with Crippen LogP contribution in [0.5, 0.6) is 5.75 Å². The summed E-state index contributed by atoms with van der Waals surface area (Å²) in [6, 6.07) is 11.5. The number of benzene rings is 2. The van der Waals surface area contributed by atoms with E-state index >= 15 is 0 Å². The Bertz CT molecular complexity index is 1030. The highest BCUT2D eigenvalue weighted by Gasteiger charge is 2.23. The Morgan fingerprint density at radius 1 is 1.21 bits per heavy atom. The van der Waals surface area contributed by atoms with Gasteiger partial charge in [0.05, 0.1) is 6.61 Å². The summed E-state index contributed by atoms with van der Waals surface area (Å²) in [5, 5.41) is 20.0. The number of rotatable bonds is 7. The zero-order valence-corrected chi connectivity index (χ0v) is 17.4. The number of hydrogen-bond acceptors (Lipinski definition) is 5. The fourth-order valence-corrected chi connectivity index (χ4v) is 2.96. The highest BCUT2D eigenvalue weighted by molar-refractivity contribution is 5.86. The molecule has 0 saturated carbocycles. The molecule has 0 aliphatic rings. The van der Waals surface area contributed by atoms with E-state index in [1.165, 1.54) is 4.80 Å². The van der Waals surface area contributed by atoms with Gasteiger partial charge in [0.25, 0.3) is 0 Å². The third-order valence-electron chi connectivity index (χ3n) is 5.29. The van der Waals surface area contributed by atoms with Gasteiger partial charge in [0.2, 0.25) is 0 Å². The van der Waals surface area contributed by atoms with Crippen LogP contribution in [0, 0.1) is 0 Å². The van der Waals surface area contributed by atoms with Gasteiger partial charge in [-0.2, -0.15) is 0 Å². The van der Waals surface area contributed by atoms with Gasteiger partial charge in [-0.05, 0) is 48.1 Å². The van der Waals surface area contributed by atoms with Crippen LogP contribution in [0.25, 0.3) is 16.7 Å². The van der Waals surface area contributed by atoms with Gasteiger partial charge in [0, 0.05) is 12.0 Å². The molecule has 0 spiro atoms. The summed E-state index contributed by atoms with van der Waals surface area (Å²) in [6.07, 6.45) is 1.31. The van der Waals surface area contributed by atoms with Crippen molar-refractivity contribution in [1.29, 1.82) is 0 Å². The molecule has 1 N–H and O–H groups in total. The first-order valence-electron chi connectivity index (χ1n) is 9.74. The van der Waals surface area contributed by atoms with Gasteiger partial charge in [-0.25, -0.2) is 4.79 Å². The maximum Gasteiger partial charge on any atom is 0.333 e. The normalized spacial score (nSPS) is 11.6. The molecule has 0 bridgehead atoms. The second-order valence-corrected chi connectivity index (χ2v) is 7.88. The molecule has 1 heterocycles. The first kappa shape index (κ1) is 20.6. The average molecular weight is 393 g/mol. The number of esters is 1. The van der Waals surface area contributed by atoms with Crippen molar-refractivity contribution in [2.45, 2.75) is 46.0 Å². The van der Waals surface area contributed by atoms with Gasteiger partial charge in [0.15, 0.2) is 0 Å². The van der Waals surface area contributed by atoms with Crippen molar-refractivity contribution < 1.29 is 14.6 Å². The van der Waals surface area contributed by atoms with Gasteiger partial charge in [-0.15, -0.1) is 15.0 Å². The minimum Gasteiger partial charge on any atom is -0.505 e. The first-order valence-corrected chi connectivity index (χ1v) is 9.74. The Labute approximate surface area is 170 Å². The lowest BCUT2D eigenvalue weighted by Gasteiger charge is -2.25. The maximum absolute atomic E-state index is 11.7. The Morgan fingerprint density at radius 3 is 2.38 bits per heavy atom. The second kappa shape index (κ2) is 8.07. The third kappa shape index (κ3) is 4.31. The molecule has 3 rings (SSSR count). The summed E-state index contributed by atoms with van der Waals surface area (Å²) in [5.74, 6) is -0.345. The molecule has 0 amide bonds. The number of phenolic OH excluding ortho intramolecular Hbond substituents is 1. The SMILES string of the molecule is C=C(C)C(=O)OCCc1cc(C(C)(C)CC)cc(-n2nc3ccccc3n2)c1O. The summed E-state index contributed by atoms with van der Waals surface area (Å²) in [7, 11) is 0. The van der Waals surface area contributed by atoms with Gasteiger partial charge >= 0.3 is 5.97 Å². The number of aromatic nitrogens is 3. The number of ether oxygens (including phenoxy) is 1. The minimum atomic E-state index is -0.435. The minimum absolute atomic E-state index is 0.0901. The summed E-state index contributed by atoms with van der Waals surface area (Å²) >= 11 is 0. The molecule has 0 unspecified atom stereocenters. The first-order chi connectivity index (χ1) is 13.7. The van der Waals surface area contributed by atoms with E-state index in [1.807, 2.05) is 36.4 Å².